The van der Waals surface area contributed by atoms with E-state index in [2.05, 4.69) is 10.6 Å². The predicted octanol–water partition coefficient (Wildman–Crippen LogP) is 4.98. The molecule has 1 fully saturated rings. The summed E-state index contributed by atoms with van der Waals surface area (Å²) in [5.41, 5.74) is 1.92. The second kappa shape index (κ2) is 11.9. The van der Waals surface area contributed by atoms with E-state index in [1.807, 2.05) is 53.5 Å². The summed E-state index contributed by atoms with van der Waals surface area (Å²) in [4.78, 5) is 40.3. The van der Waals surface area contributed by atoms with Crippen molar-refractivity contribution in [3.05, 3.63) is 65.8 Å². The topological polar surface area (TPSA) is 87.7 Å². The maximum Gasteiger partial charge on any atom is 0.256 e. The van der Waals surface area contributed by atoms with Crippen molar-refractivity contribution in [1.82, 2.24) is 10.2 Å². The van der Waals surface area contributed by atoms with Crippen molar-refractivity contribution in [2.45, 2.75) is 69.7 Å². The van der Waals surface area contributed by atoms with E-state index < -0.39 is 6.04 Å². The summed E-state index contributed by atoms with van der Waals surface area (Å²) in [6, 6.07) is 11.3. The lowest BCUT2D eigenvalue weighted by Gasteiger charge is -2.35. The molecule has 3 aliphatic rings. The summed E-state index contributed by atoms with van der Waals surface area (Å²) in [5, 5.41) is 8.37. The van der Waals surface area contributed by atoms with Gasteiger partial charge in [-0.05, 0) is 41.7 Å². The maximum atomic E-state index is 13.8. The number of anilines is 1. The molecule has 2 N–H and O–H groups in total. The number of rotatable bonds is 7. The molecule has 0 spiro atoms. The van der Waals surface area contributed by atoms with Crippen molar-refractivity contribution in [3.8, 4) is 0 Å². The van der Waals surface area contributed by atoms with Crippen LogP contribution in [0, 0.1) is 5.92 Å². The summed E-state index contributed by atoms with van der Waals surface area (Å²) in [7, 11) is 1.67. The van der Waals surface area contributed by atoms with E-state index in [0.29, 0.717) is 42.9 Å². The molecule has 1 saturated carbocycles. The average Bonchev–Trinajstić information content (AvgIpc) is 2.95. The normalized spacial score (nSPS) is 23.0. The zero-order valence-electron chi connectivity index (χ0n) is 22.0. The van der Waals surface area contributed by atoms with E-state index in [1.165, 1.54) is 19.3 Å². The van der Waals surface area contributed by atoms with Crippen LogP contribution < -0.4 is 10.6 Å². The first-order valence-electron chi connectivity index (χ1n) is 13.8. The second-order valence-electron chi connectivity index (χ2n) is 10.7. The van der Waals surface area contributed by atoms with E-state index in [1.54, 1.807) is 13.2 Å². The number of carbonyl (C=O) groups is 3. The van der Waals surface area contributed by atoms with Gasteiger partial charge in [-0.15, -0.1) is 0 Å². The Morgan fingerprint density at radius 3 is 2.61 bits per heavy atom. The molecule has 7 nitrogen and oxygen atoms in total. The Morgan fingerprint density at radius 2 is 1.92 bits per heavy atom. The lowest BCUT2D eigenvalue weighted by Crippen LogP contribution is -2.44. The van der Waals surface area contributed by atoms with Gasteiger partial charge < -0.3 is 25.1 Å². The highest BCUT2D eigenvalue weighted by atomic mass is 16.5. The van der Waals surface area contributed by atoms with Gasteiger partial charge in [0.2, 0.25) is 0 Å². The van der Waals surface area contributed by atoms with Crippen LogP contribution in [0.5, 0.6) is 0 Å². The molecule has 2 aromatic rings. The summed E-state index contributed by atoms with van der Waals surface area (Å²) < 4.78 is 5.66. The van der Waals surface area contributed by atoms with Crippen molar-refractivity contribution in [1.29, 1.82) is 0 Å². The molecule has 1 aliphatic heterocycles. The monoisotopic (exact) mass is 515 g/mol. The number of carbonyl (C=O) groups excluding carboxylic acids is 3. The maximum absolute atomic E-state index is 13.8. The van der Waals surface area contributed by atoms with Crippen LogP contribution >= 0.6 is 0 Å². The molecule has 1 heterocycles. The molecule has 200 valence electrons. The lowest BCUT2D eigenvalue weighted by atomic mass is 9.85. The fourth-order valence-corrected chi connectivity index (χ4v) is 5.98. The second-order valence-corrected chi connectivity index (χ2v) is 10.7. The molecular weight excluding hydrogens is 478 g/mol. The standard InChI is InChI=1S/C31H37N3O4/c1-38-29-15-16-34(31(37)27-18-23-9-5-6-10-24(23)19-28(27)33-29)26-13-11-22(12-14-26)30(36)32-25(20-35)17-21-7-3-2-4-8-21/h5-6,9-13,18-21,25-26,29,33H,2-4,7-8,14-17H2,1H3,(H,32,36). The number of methoxy groups -OCH3 is 1. The predicted molar refractivity (Wildman–Crippen MR) is 149 cm³/mol. The number of fused-ring (bicyclic) bond motifs is 2. The van der Waals surface area contributed by atoms with Crippen LogP contribution in [0.15, 0.2) is 60.2 Å². The first-order chi connectivity index (χ1) is 18.6. The van der Waals surface area contributed by atoms with Crippen LogP contribution in [-0.2, 0) is 14.3 Å². The van der Waals surface area contributed by atoms with Gasteiger partial charge in [-0.1, -0.05) is 74.6 Å². The fourth-order valence-electron chi connectivity index (χ4n) is 5.98. The molecule has 0 aromatic heterocycles. The van der Waals surface area contributed by atoms with Gasteiger partial charge in [-0.3, -0.25) is 9.59 Å². The Morgan fingerprint density at radius 1 is 1.16 bits per heavy atom. The first-order valence-corrected chi connectivity index (χ1v) is 13.8. The number of benzene rings is 2. The number of hydrogen-bond donors (Lipinski definition) is 2. The number of nitrogens with zero attached hydrogens (tertiary/aromatic N) is 1. The molecule has 0 saturated heterocycles. The molecular formula is C31H37N3O4. The first kappa shape index (κ1) is 26.2. The van der Waals surface area contributed by atoms with Crippen LogP contribution in [0.1, 0.15) is 61.7 Å². The van der Waals surface area contributed by atoms with Crippen LogP contribution in [0.25, 0.3) is 10.8 Å². The molecule has 2 aliphatic carbocycles. The quantitative estimate of drug-likeness (QED) is 0.508. The minimum absolute atomic E-state index is 0.0442. The number of aldehydes is 1. The minimum atomic E-state index is -0.460. The van der Waals surface area contributed by atoms with Gasteiger partial charge in [0.1, 0.15) is 12.5 Å². The zero-order valence-corrected chi connectivity index (χ0v) is 22.0. The minimum Gasteiger partial charge on any atom is -0.362 e. The Balaban J connectivity index is 1.29. The molecule has 0 bridgehead atoms. The van der Waals surface area contributed by atoms with E-state index >= 15 is 0 Å². The van der Waals surface area contributed by atoms with Gasteiger partial charge >= 0.3 is 0 Å². The van der Waals surface area contributed by atoms with Gasteiger partial charge in [-0.25, -0.2) is 0 Å². The van der Waals surface area contributed by atoms with Crippen LogP contribution in [0.3, 0.4) is 0 Å². The molecule has 3 atom stereocenters. The van der Waals surface area contributed by atoms with Gasteiger partial charge in [0.25, 0.3) is 11.8 Å². The SMILES string of the molecule is COC1CCN(C2C=CC(C(=O)NC(C=O)CC3CCCCC3)=CC2)C(=O)c2cc3ccccc3cc2N1. The summed E-state index contributed by atoms with van der Waals surface area (Å²) in [6.45, 7) is 0.523. The highest BCUT2D eigenvalue weighted by molar-refractivity contribution is 6.05. The Hall–Kier alpha value is -3.45. The third-order valence-corrected chi connectivity index (χ3v) is 8.14. The van der Waals surface area contributed by atoms with Gasteiger partial charge in [0.15, 0.2) is 0 Å². The molecule has 2 aromatic carbocycles. The number of hydrogen-bond acceptors (Lipinski definition) is 5. The van der Waals surface area contributed by atoms with Crippen molar-refractivity contribution in [2.75, 3.05) is 19.0 Å². The molecule has 7 heteroatoms. The average molecular weight is 516 g/mol. The Bertz CT molecular complexity index is 1250. The molecule has 38 heavy (non-hydrogen) atoms. The van der Waals surface area contributed by atoms with E-state index in [-0.39, 0.29) is 24.1 Å². The van der Waals surface area contributed by atoms with E-state index in [0.717, 1.165) is 35.6 Å². The summed E-state index contributed by atoms with van der Waals surface area (Å²) >= 11 is 0. The van der Waals surface area contributed by atoms with E-state index in [9.17, 15) is 14.4 Å². The highest BCUT2D eigenvalue weighted by Gasteiger charge is 2.30. The Kier molecular flexibility index (Phi) is 8.23. The molecule has 2 amide bonds. The fraction of sp³-hybridized carbons (Fsp3) is 0.452. The van der Waals surface area contributed by atoms with Crippen LogP contribution in [0.4, 0.5) is 5.69 Å². The smallest absolute Gasteiger partial charge is 0.256 e. The number of ether oxygens (including phenoxy) is 1. The van der Waals surface area contributed by atoms with E-state index in [4.69, 9.17) is 4.74 Å². The summed E-state index contributed by atoms with van der Waals surface area (Å²) in [5.74, 6) is 0.229. The molecule has 3 unspecified atom stereocenters. The van der Waals surface area contributed by atoms with Crippen LogP contribution in [0.2, 0.25) is 0 Å². The van der Waals surface area contributed by atoms with Gasteiger partial charge in [0.05, 0.1) is 17.6 Å². The third kappa shape index (κ3) is 5.83. The Labute approximate surface area is 224 Å². The largest absolute Gasteiger partial charge is 0.362 e. The van der Waals surface area contributed by atoms with Gasteiger partial charge in [-0.2, -0.15) is 0 Å². The van der Waals surface area contributed by atoms with Crippen LogP contribution in [-0.4, -0.2) is 55.0 Å². The number of amides is 2. The van der Waals surface area contributed by atoms with Crippen molar-refractivity contribution >= 4 is 34.6 Å². The highest BCUT2D eigenvalue weighted by Crippen LogP contribution is 2.31. The molecule has 5 rings (SSSR count). The summed E-state index contributed by atoms with van der Waals surface area (Å²) in [6.07, 6.45) is 14.0. The van der Waals surface area contributed by atoms with Crippen molar-refractivity contribution < 1.29 is 19.1 Å². The van der Waals surface area contributed by atoms with Crippen molar-refractivity contribution in [2.24, 2.45) is 5.92 Å². The van der Waals surface area contributed by atoms with Gasteiger partial charge in [0, 0.05) is 31.3 Å². The number of nitrogens with one attached hydrogen (secondary N) is 2. The molecule has 0 radical (unpaired) electrons. The third-order valence-electron chi connectivity index (χ3n) is 8.14. The lowest BCUT2D eigenvalue weighted by molar-refractivity contribution is -0.121. The van der Waals surface area contributed by atoms with Crippen molar-refractivity contribution in [3.63, 3.8) is 0 Å². The zero-order chi connectivity index (χ0) is 26.5.